The van der Waals surface area contributed by atoms with Crippen molar-refractivity contribution < 1.29 is 4.79 Å². The molecule has 1 aromatic heterocycles. The van der Waals surface area contributed by atoms with Gasteiger partial charge in [0, 0.05) is 31.5 Å². The van der Waals surface area contributed by atoms with E-state index in [9.17, 15) is 4.79 Å². The second kappa shape index (κ2) is 7.28. The number of hydrogen-bond donors (Lipinski definition) is 1. The van der Waals surface area contributed by atoms with E-state index in [1.54, 1.807) is 18.6 Å². The van der Waals surface area contributed by atoms with E-state index in [4.69, 9.17) is 0 Å². The van der Waals surface area contributed by atoms with Crippen molar-refractivity contribution in [3.8, 4) is 0 Å². The van der Waals surface area contributed by atoms with Gasteiger partial charge in [-0.15, -0.1) is 0 Å². The van der Waals surface area contributed by atoms with Crippen LogP contribution in [0.2, 0.25) is 0 Å². The highest BCUT2D eigenvalue weighted by atomic mass is 16.2. The monoisotopic (exact) mass is 316 g/mol. The van der Waals surface area contributed by atoms with E-state index in [2.05, 4.69) is 34.0 Å². The predicted octanol–water partition coefficient (Wildman–Crippen LogP) is 2.63. The summed E-state index contributed by atoms with van der Waals surface area (Å²) in [6, 6.07) is 0.346. The van der Waals surface area contributed by atoms with Crippen LogP contribution >= 0.6 is 0 Å². The second-order valence-electron chi connectivity index (χ2n) is 7.23. The minimum Gasteiger partial charge on any atom is -0.355 e. The summed E-state index contributed by atoms with van der Waals surface area (Å²) in [5, 5.41) is 3.34. The number of carbonyl (C=O) groups is 1. The standard InChI is InChI=1S/C18H28N4O/c1-13-5-3-7-16(14(13)2)21-18(23)15-6-4-10-22(12-15)17-11-19-8-9-20-17/h8-9,11,13-16H,3-7,10,12H2,1-2H3,(H,21,23)/t13-,14-,15-,16+/m1/s1. The lowest BCUT2D eigenvalue weighted by molar-refractivity contribution is -0.126. The lowest BCUT2D eigenvalue weighted by Gasteiger charge is -2.37. The molecule has 1 N–H and O–H groups in total. The second-order valence-corrected chi connectivity index (χ2v) is 7.23. The summed E-state index contributed by atoms with van der Waals surface area (Å²) in [5.41, 5.74) is 0. The fourth-order valence-electron chi connectivity index (χ4n) is 3.94. The molecule has 0 unspecified atom stereocenters. The summed E-state index contributed by atoms with van der Waals surface area (Å²) in [7, 11) is 0. The Morgan fingerprint density at radius 2 is 2.09 bits per heavy atom. The number of piperidine rings is 1. The molecule has 4 atom stereocenters. The maximum Gasteiger partial charge on any atom is 0.225 e. The SMILES string of the molecule is C[C@@H]1[C@H](C)CCC[C@@H]1NC(=O)[C@@H]1CCCN(c2cnccn2)C1. The largest absolute Gasteiger partial charge is 0.355 e. The van der Waals surface area contributed by atoms with E-state index in [1.165, 1.54) is 12.8 Å². The third-order valence-corrected chi connectivity index (χ3v) is 5.70. The van der Waals surface area contributed by atoms with Crippen molar-refractivity contribution in [2.75, 3.05) is 18.0 Å². The van der Waals surface area contributed by atoms with Gasteiger partial charge < -0.3 is 10.2 Å². The molecule has 5 nitrogen and oxygen atoms in total. The topological polar surface area (TPSA) is 58.1 Å². The lowest BCUT2D eigenvalue weighted by atomic mass is 9.78. The summed E-state index contributed by atoms with van der Waals surface area (Å²) in [6.07, 6.45) is 10.8. The molecule has 126 valence electrons. The van der Waals surface area contributed by atoms with Crippen LogP contribution in [0.5, 0.6) is 0 Å². The fourth-order valence-corrected chi connectivity index (χ4v) is 3.94. The average Bonchev–Trinajstić information content (AvgIpc) is 2.60. The van der Waals surface area contributed by atoms with Crippen LogP contribution in [0.3, 0.4) is 0 Å². The van der Waals surface area contributed by atoms with Gasteiger partial charge in [0.25, 0.3) is 0 Å². The third kappa shape index (κ3) is 3.82. The summed E-state index contributed by atoms with van der Waals surface area (Å²) in [4.78, 5) is 23.4. The molecule has 3 rings (SSSR count). The van der Waals surface area contributed by atoms with E-state index in [0.29, 0.717) is 17.9 Å². The molecule has 1 aromatic rings. The highest BCUT2D eigenvalue weighted by molar-refractivity contribution is 5.79. The van der Waals surface area contributed by atoms with E-state index in [1.807, 2.05) is 0 Å². The Bertz CT molecular complexity index is 521. The van der Waals surface area contributed by atoms with Crippen LogP contribution in [0.1, 0.15) is 46.0 Å². The number of nitrogens with zero attached hydrogens (tertiary/aromatic N) is 3. The van der Waals surface area contributed by atoms with Crippen LogP contribution in [0, 0.1) is 17.8 Å². The number of hydrogen-bond acceptors (Lipinski definition) is 4. The number of carbonyl (C=O) groups excluding carboxylic acids is 1. The van der Waals surface area contributed by atoms with E-state index >= 15 is 0 Å². The van der Waals surface area contributed by atoms with Crippen molar-refractivity contribution in [1.29, 1.82) is 0 Å². The normalized spacial score (nSPS) is 31.7. The van der Waals surface area contributed by atoms with E-state index < -0.39 is 0 Å². The molecule has 1 aliphatic heterocycles. The van der Waals surface area contributed by atoms with Crippen molar-refractivity contribution >= 4 is 11.7 Å². The number of aromatic nitrogens is 2. The van der Waals surface area contributed by atoms with Crippen LogP contribution in [0.4, 0.5) is 5.82 Å². The molecule has 0 bridgehead atoms. The molecular formula is C18H28N4O. The van der Waals surface area contributed by atoms with Gasteiger partial charge in [-0.2, -0.15) is 0 Å². The number of amides is 1. The molecule has 1 aliphatic carbocycles. The van der Waals surface area contributed by atoms with Gasteiger partial charge in [0.05, 0.1) is 12.1 Å². The van der Waals surface area contributed by atoms with Gasteiger partial charge in [-0.25, -0.2) is 4.98 Å². The van der Waals surface area contributed by atoms with Crippen LogP contribution in [-0.4, -0.2) is 35.0 Å². The first-order valence-electron chi connectivity index (χ1n) is 8.96. The molecule has 0 radical (unpaired) electrons. The Balaban J connectivity index is 1.59. The first-order chi connectivity index (χ1) is 11.1. The molecule has 2 aliphatic rings. The summed E-state index contributed by atoms with van der Waals surface area (Å²) < 4.78 is 0. The minimum atomic E-state index is 0.0650. The highest BCUT2D eigenvalue weighted by Gasteiger charge is 2.32. The van der Waals surface area contributed by atoms with E-state index in [0.717, 1.165) is 38.2 Å². The zero-order valence-electron chi connectivity index (χ0n) is 14.2. The Hall–Kier alpha value is -1.65. The zero-order valence-corrected chi connectivity index (χ0v) is 14.2. The summed E-state index contributed by atoms with van der Waals surface area (Å²) >= 11 is 0. The molecule has 1 saturated carbocycles. The van der Waals surface area contributed by atoms with Crippen molar-refractivity contribution in [2.45, 2.75) is 52.0 Å². The predicted molar refractivity (Wildman–Crippen MR) is 91.1 cm³/mol. The summed E-state index contributed by atoms with van der Waals surface area (Å²) in [6.45, 7) is 6.29. The van der Waals surface area contributed by atoms with Gasteiger partial charge in [0.15, 0.2) is 0 Å². The first-order valence-corrected chi connectivity index (χ1v) is 8.96. The molecule has 0 aromatic carbocycles. The maximum absolute atomic E-state index is 12.7. The number of anilines is 1. The zero-order chi connectivity index (χ0) is 16.2. The average molecular weight is 316 g/mol. The Kier molecular flexibility index (Phi) is 5.13. The van der Waals surface area contributed by atoms with Gasteiger partial charge in [-0.1, -0.05) is 26.7 Å². The Labute approximate surface area is 138 Å². The van der Waals surface area contributed by atoms with E-state index in [-0.39, 0.29) is 11.8 Å². The van der Waals surface area contributed by atoms with Crippen molar-refractivity contribution in [3.63, 3.8) is 0 Å². The quantitative estimate of drug-likeness (QED) is 0.931. The molecule has 5 heteroatoms. The lowest BCUT2D eigenvalue weighted by Crippen LogP contribution is -2.49. The third-order valence-electron chi connectivity index (χ3n) is 5.70. The summed E-state index contributed by atoms with van der Waals surface area (Å²) in [5.74, 6) is 2.45. The highest BCUT2D eigenvalue weighted by Crippen LogP contribution is 2.30. The van der Waals surface area contributed by atoms with Crippen molar-refractivity contribution in [1.82, 2.24) is 15.3 Å². The minimum absolute atomic E-state index is 0.0650. The van der Waals surface area contributed by atoms with Crippen LogP contribution < -0.4 is 10.2 Å². The Morgan fingerprint density at radius 1 is 1.22 bits per heavy atom. The molecule has 23 heavy (non-hydrogen) atoms. The molecule has 0 spiro atoms. The smallest absolute Gasteiger partial charge is 0.225 e. The van der Waals surface area contributed by atoms with Gasteiger partial charge in [0.2, 0.25) is 5.91 Å². The van der Waals surface area contributed by atoms with Crippen LogP contribution in [0.25, 0.3) is 0 Å². The first kappa shape index (κ1) is 16.2. The van der Waals surface area contributed by atoms with Crippen LogP contribution in [0.15, 0.2) is 18.6 Å². The maximum atomic E-state index is 12.7. The molecule has 1 amide bonds. The van der Waals surface area contributed by atoms with Gasteiger partial charge in [-0.3, -0.25) is 9.78 Å². The van der Waals surface area contributed by atoms with Gasteiger partial charge >= 0.3 is 0 Å². The number of rotatable bonds is 3. The van der Waals surface area contributed by atoms with Crippen molar-refractivity contribution in [2.24, 2.45) is 17.8 Å². The van der Waals surface area contributed by atoms with Crippen LogP contribution in [-0.2, 0) is 4.79 Å². The van der Waals surface area contributed by atoms with Gasteiger partial charge in [0.1, 0.15) is 5.82 Å². The Morgan fingerprint density at radius 3 is 2.87 bits per heavy atom. The van der Waals surface area contributed by atoms with Gasteiger partial charge in [-0.05, 0) is 31.1 Å². The molecule has 1 saturated heterocycles. The molecule has 2 heterocycles. The fraction of sp³-hybridized carbons (Fsp3) is 0.722. The van der Waals surface area contributed by atoms with Crippen molar-refractivity contribution in [3.05, 3.63) is 18.6 Å². The molecular weight excluding hydrogens is 288 g/mol. The number of nitrogens with one attached hydrogen (secondary N) is 1. The molecule has 2 fully saturated rings.